The molecule has 1 atom stereocenters. The highest BCUT2D eigenvalue weighted by atomic mass is 16.6. The van der Waals surface area contributed by atoms with Crippen LogP contribution in [-0.2, 0) is 6.54 Å². The highest BCUT2D eigenvalue weighted by Crippen LogP contribution is 2.17. The molecule has 0 spiro atoms. The van der Waals surface area contributed by atoms with Gasteiger partial charge in [0.1, 0.15) is 6.33 Å². The summed E-state index contributed by atoms with van der Waals surface area (Å²) < 4.78 is 0. The van der Waals surface area contributed by atoms with Crippen LogP contribution in [0.1, 0.15) is 24.2 Å². The maximum Gasteiger partial charge on any atom is 0.269 e. The topological polar surface area (TPSA) is 81.0 Å². The van der Waals surface area contributed by atoms with Crippen molar-refractivity contribution in [2.45, 2.75) is 19.5 Å². The Morgan fingerprint density at radius 1 is 1.32 bits per heavy atom. The Bertz CT molecular complexity index is 542. The molecule has 0 fully saturated rings. The van der Waals surface area contributed by atoms with Crippen LogP contribution in [0.25, 0.3) is 0 Å². The van der Waals surface area contributed by atoms with E-state index < -0.39 is 4.92 Å². The Hall–Kier alpha value is -2.34. The van der Waals surface area contributed by atoms with Crippen molar-refractivity contribution in [2.75, 3.05) is 0 Å². The van der Waals surface area contributed by atoms with Crippen molar-refractivity contribution >= 4 is 5.69 Å². The van der Waals surface area contributed by atoms with E-state index in [0.29, 0.717) is 6.54 Å². The Morgan fingerprint density at radius 3 is 2.63 bits per heavy atom. The first kappa shape index (κ1) is 13.1. The molecule has 0 saturated heterocycles. The van der Waals surface area contributed by atoms with Crippen molar-refractivity contribution in [2.24, 2.45) is 0 Å². The van der Waals surface area contributed by atoms with Gasteiger partial charge in [-0.2, -0.15) is 0 Å². The molecule has 0 radical (unpaired) electrons. The van der Waals surface area contributed by atoms with Crippen molar-refractivity contribution < 1.29 is 4.92 Å². The Kier molecular flexibility index (Phi) is 4.15. The van der Waals surface area contributed by atoms with Crippen LogP contribution in [0.15, 0.2) is 42.9 Å². The van der Waals surface area contributed by atoms with E-state index in [2.05, 4.69) is 15.3 Å². The second-order valence-corrected chi connectivity index (χ2v) is 4.15. The predicted molar refractivity (Wildman–Crippen MR) is 70.4 cm³/mol. The average Bonchev–Trinajstić information content (AvgIpc) is 2.46. The number of hydrogen-bond acceptors (Lipinski definition) is 5. The molecule has 1 N–H and O–H groups in total. The molecule has 1 aromatic carbocycles. The van der Waals surface area contributed by atoms with Crippen LogP contribution in [0.2, 0.25) is 0 Å². The third-order valence-corrected chi connectivity index (χ3v) is 2.84. The number of aromatic nitrogens is 2. The van der Waals surface area contributed by atoms with Crippen LogP contribution < -0.4 is 5.32 Å². The van der Waals surface area contributed by atoms with Crippen molar-refractivity contribution in [3.8, 4) is 0 Å². The summed E-state index contributed by atoms with van der Waals surface area (Å²) in [5, 5.41) is 13.9. The first-order valence-corrected chi connectivity index (χ1v) is 5.89. The van der Waals surface area contributed by atoms with E-state index in [1.54, 1.807) is 18.3 Å². The monoisotopic (exact) mass is 258 g/mol. The highest BCUT2D eigenvalue weighted by Gasteiger charge is 2.08. The molecule has 6 nitrogen and oxygen atoms in total. The van der Waals surface area contributed by atoms with E-state index in [0.717, 1.165) is 11.3 Å². The maximum absolute atomic E-state index is 10.6. The number of nitro groups is 1. The second kappa shape index (κ2) is 6.01. The molecule has 0 amide bonds. The lowest BCUT2D eigenvalue weighted by Crippen LogP contribution is -2.18. The number of rotatable bonds is 5. The summed E-state index contributed by atoms with van der Waals surface area (Å²) >= 11 is 0. The molecular formula is C13H14N4O2. The standard InChI is InChI=1S/C13H14N4O2/c1-10(15-8-12-6-7-14-9-16-12)11-2-4-13(5-3-11)17(18)19/h2-7,9-10,15H,8H2,1H3. The first-order valence-electron chi connectivity index (χ1n) is 5.89. The van der Waals surface area contributed by atoms with Gasteiger partial charge in [-0.15, -0.1) is 0 Å². The van der Waals surface area contributed by atoms with Gasteiger partial charge < -0.3 is 5.32 Å². The van der Waals surface area contributed by atoms with Crippen molar-refractivity contribution in [3.63, 3.8) is 0 Å². The van der Waals surface area contributed by atoms with Crippen molar-refractivity contribution in [1.82, 2.24) is 15.3 Å². The molecule has 0 aliphatic heterocycles. The summed E-state index contributed by atoms with van der Waals surface area (Å²) in [6.45, 7) is 2.63. The summed E-state index contributed by atoms with van der Waals surface area (Å²) in [7, 11) is 0. The van der Waals surface area contributed by atoms with Crippen LogP contribution in [-0.4, -0.2) is 14.9 Å². The normalized spacial score (nSPS) is 12.1. The third-order valence-electron chi connectivity index (χ3n) is 2.84. The number of benzene rings is 1. The number of non-ortho nitro benzene ring substituents is 1. The molecule has 1 unspecified atom stereocenters. The van der Waals surface area contributed by atoms with Crippen LogP contribution in [0.4, 0.5) is 5.69 Å². The van der Waals surface area contributed by atoms with Crippen molar-refractivity contribution in [1.29, 1.82) is 0 Å². The highest BCUT2D eigenvalue weighted by molar-refractivity contribution is 5.34. The first-order chi connectivity index (χ1) is 9.16. The average molecular weight is 258 g/mol. The minimum Gasteiger partial charge on any atom is -0.305 e. The van der Waals surface area contributed by atoms with E-state index in [4.69, 9.17) is 0 Å². The van der Waals surface area contributed by atoms with Gasteiger partial charge in [0.25, 0.3) is 5.69 Å². The summed E-state index contributed by atoms with van der Waals surface area (Å²) in [5.74, 6) is 0. The fourth-order valence-corrected chi connectivity index (χ4v) is 1.68. The van der Waals surface area contributed by atoms with Gasteiger partial charge in [0.15, 0.2) is 0 Å². The third kappa shape index (κ3) is 3.56. The number of nitrogens with one attached hydrogen (secondary N) is 1. The summed E-state index contributed by atoms with van der Waals surface area (Å²) in [6.07, 6.45) is 3.20. The van der Waals surface area contributed by atoms with E-state index >= 15 is 0 Å². The summed E-state index contributed by atoms with van der Waals surface area (Å²) in [5.41, 5.74) is 2.01. The molecule has 98 valence electrons. The van der Waals surface area contributed by atoms with E-state index in [-0.39, 0.29) is 11.7 Å². The Morgan fingerprint density at radius 2 is 2.05 bits per heavy atom. The van der Waals surface area contributed by atoms with Gasteiger partial charge in [-0.3, -0.25) is 10.1 Å². The lowest BCUT2D eigenvalue weighted by atomic mass is 10.1. The number of nitrogens with zero attached hydrogens (tertiary/aromatic N) is 3. The minimum absolute atomic E-state index is 0.0933. The fraction of sp³-hybridized carbons (Fsp3) is 0.231. The number of hydrogen-bond donors (Lipinski definition) is 1. The van der Waals surface area contributed by atoms with E-state index in [1.165, 1.54) is 18.5 Å². The predicted octanol–water partition coefficient (Wildman–Crippen LogP) is 2.24. The lowest BCUT2D eigenvalue weighted by molar-refractivity contribution is -0.384. The molecule has 0 bridgehead atoms. The molecule has 0 aliphatic carbocycles. The van der Waals surface area contributed by atoms with Gasteiger partial charge in [-0.25, -0.2) is 9.97 Å². The Balaban J connectivity index is 1.96. The SMILES string of the molecule is CC(NCc1ccncn1)c1ccc([N+](=O)[O-])cc1. The molecule has 0 saturated carbocycles. The zero-order chi connectivity index (χ0) is 13.7. The summed E-state index contributed by atoms with van der Waals surface area (Å²) in [6, 6.07) is 8.48. The van der Waals surface area contributed by atoms with E-state index in [9.17, 15) is 10.1 Å². The second-order valence-electron chi connectivity index (χ2n) is 4.15. The van der Waals surface area contributed by atoms with Gasteiger partial charge in [-0.1, -0.05) is 12.1 Å². The number of nitro benzene ring substituents is 1. The molecular weight excluding hydrogens is 244 g/mol. The molecule has 2 aromatic rings. The van der Waals surface area contributed by atoms with Gasteiger partial charge in [0.2, 0.25) is 0 Å². The summed E-state index contributed by atoms with van der Waals surface area (Å²) in [4.78, 5) is 18.1. The van der Waals surface area contributed by atoms with Crippen LogP contribution in [0.5, 0.6) is 0 Å². The van der Waals surface area contributed by atoms with Crippen LogP contribution in [0.3, 0.4) is 0 Å². The van der Waals surface area contributed by atoms with Gasteiger partial charge >= 0.3 is 0 Å². The molecule has 6 heteroatoms. The Labute approximate surface area is 110 Å². The quantitative estimate of drug-likeness (QED) is 0.657. The van der Waals surface area contributed by atoms with E-state index in [1.807, 2.05) is 13.0 Å². The zero-order valence-electron chi connectivity index (χ0n) is 10.5. The molecule has 1 heterocycles. The van der Waals surface area contributed by atoms with Crippen LogP contribution in [0, 0.1) is 10.1 Å². The zero-order valence-corrected chi connectivity index (χ0v) is 10.5. The molecule has 0 aliphatic rings. The molecule has 1 aromatic heterocycles. The molecule has 19 heavy (non-hydrogen) atoms. The van der Waals surface area contributed by atoms with Gasteiger partial charge in [0.05, 0.1) is 10.6 Å². The van der Waals surface area contributed by atoms with Gasteiger partial charge in [-0.05, 0) is 18.6 Å². The minimum atomic E-state index is -0.400. The molecule has 2 rings (SSSR count). The van der Waals surface area contributed by atoms with Crippen molar-refractivity contribution in [3.05, 3.63) is 64.2 Å². The maximum atomic E-state index is 10.6. The fourth-order valence-electron chi connectivity index (χ4n) is 1.68. The largest absolute Gasteiger partial charge is 0.305 e. The lowest BCUT2D eigenvalue weighted by Gasteiger charge is -2.13. The smallest absolute Gasteiger partial charge is 0.269 e. The van der Waals surface area contributed by atoms with Crippen LogP contribution >= 0.6 is 0 Å². The van der Waals surface area contributed by atoms with Gasteiger partial charge in [0, 0.05) is 30.9 Å².